The third-order valence-corrected chi connectivity index (χ3v) is 7.17. The van der Waals surface area contributed by atoms with Crippen molar-refractivity contribution in [3.05, 3.63) is 80.7 Å². The standard InChI is InChI=1S/C25H24ClN3O3S/c1-15-14-21(28-23(30)18-8-3-4-10-19(18)26)33-22(15)24(31)27-20-11-7-9-17(16(20)2)25(32)29-12-5-6-13-29/h3-4,7-11,14H,5-6,12-13H2,1-2H3,(H,27,31)(H,28,30). The van der Waals surface area contributed by atoms with Crippen LogP contribution in [0.1, 0.15) is 54.4 Å². The van der Waals surface area contributed by atoms with Gasteiger partial charge >= 0.3 is 0 Å². The molecule has 1 aromatic heterocycles. The number of carbonyl (C=O) groups excluding carboxylic acids is 3. The highest BCUT2D eigenvalue weighted by Crippen LogP contribution is 2.30. The third kappa shape index (κ3) is 4.94. The molecule has 0 spiro atoms. The van der Waals surface area contributed by atoms with Gasteiger partial charge in [0.1, 0.15) is 0 Å². The average Bonchev–Trinajstić information content (AvgIpc) is 3.45. The van der Waals surface area contributed by atoms with Gasteiger partial charge in [0.05, 0.1) is 20.5 Å². The van der Waals surface area contributed by atoms with E-state index in [1.165, 1.54) is 11.3 Å². The van der Waals surface area contributed by atoms with Crippen molar-refractivity contribution < 1.29 is 14.4 Å². The van der Waals surface area contributed by atoms with Crippen LogP contribution in [0.15, 0.2) is 48.5 Å². The lowest BCUT2D eigenvalue weighted by Gasteiger charge is -2.18. The predicted octanol–water partition coefficient (Wildman–Crippen LogP) is 5.76. The van der Waals surface area contributed by atoms with E-state index in [9.17, 15) is 14.4 Å². The number of likely N-dealkylation sites (tertiary alicyclic amines) is 1. The number of benzene rings is 2. The van der Waals surface area contributed by atoms with Crippen LogP contribution in [-0.2, 0) is 0 Å². The Morgan fingerprint density at radius 1 is 0.909 bits per heavy atom. The molecule has 0 atom stereocenters. The first-order valence-electron chi connectivity index (χ1n) is 10.7. The van der Waals surface area contributed by atoms with Crippen LogP contribution >= 0.6 is 22.9 Å². The second-order valence-electron chi connectivity index (χ2n) is 7.99. The van der Waals surface area contributed by atoms with Crippen molar-refractivity contribution in [2.75, 3.05) is 23.7 Å². The fraction of sp³-hybridized carbons (Fsp3) is 0.240. The number of rotatable bonds is 5. The summed E-state index contributed by atoms with van der Waals surface area (Å²) in [6, 6.07) is 13.9. The van der Waals surface area contributed by atoms with Crippen LogP contribution in [-0.4, -0.2) is 35.7 Å². The second kappa shape index (κ2) is 9.77. The molecule has 2 heterocycles. The predicted molar refractivity (Wildman–Crippen MR) is 133 cm³/mol. The largest absolute Gasteiger partial charge is 0.339 e. The van der Waals surface area contributed by atoms with E-state index < -0.39 is 0 Å². The molecule has 2 aromatic carbocycles. The molecule has 0 unspecified atom stereocenters. The Labute approximate surface area is 201 Å². The molecule has 6 nitrogen and oxygen atoms in total. The number of halogens is 1. The van der Waals surface area contributed by atoms with Crippen molar-refractivity contribution in [3.8, 4) is 0 Å². The number of carbonyl (C=O) groups is 3. The molecule has 4 rings (SSSR count). The van der Waals surface area contributed by atoms with E-state index in [4.69, 9.17) is 11.6 Å². The number of aryl methyl sites for hydroxylation is 1. The summed E-state index contributed by atoms with van der Waals surface area (Å²) in [4.78, 5) is 40.7. The summed E-state index contributed by atoms with van der Waals surface area (Å²) < 4.78 is 0. The Balaban J connectivity index is 1.50. The van der Waals surface area contributed by atoms with Crippen LogP contribution < -0.4 is 10.6 Å². The Bertz CT molecular complexity index is 1230. The van der Waals surface area contributed by atoms with Crippen molar-refractivity contribution in [1.82, 2.24) is 4.90 Å². The van der Waals surface area contributed by atoms with E-state index in [0.717, 1.165) is 37.1 Å². The monoisotopic (exact) mass is 481 g/mol. The van der Waals surface area contributed by atoms with Gasteiger partial charge in [-0.2, -0.15) is 0 Å². The highest BCUT2D eigenvalue weighted by molar-refractivity contribution is 7.18. The number of anilines is 2. The van der Waals surface area contributed by atoms with Crippen molar-refractivity contribution in [2.24, 2.45) is 0 Å². The van der Waals surface area contributed by atoms with Crippen molar-refractivity contribution >= 4 is 51.3 Å². The fourth-order valence-electron chi connectivity index (χ4n) is 3.87. The zero-order chi connectivity index (χ0) is 23.5. The van der Waals surface area contributed by atoms with Crippen molar-refractivity contribution in [1.29, 1.82) is 0 Å². The highest BCUT2D eigenvalue weighted by Gasteiger charge is 2.23. The highest BCUT2D eigenvalue weighted by atomic mass is 35.5. The summed E-state index contributed by atoms with van der Waals surface area (Å²) in [7, 11) is 0. The minimum atomic E-state index is -0.335. The van der Waals surface area contributed by atoms with Gasteiger partial charge in [-0.3, -0.25) is 14.4 Å². The number of nitrogens with one attached hydrogen (secondary N) is 2. The quantitative estimate of drug-likeness (QED) is 0.486. The van der Waals surface area contributed by atoms with E-state index in [1.807, 2.05) is 18.7 Å². The van der Waals surface area contributed by atoms with E-state index >= 15 is 0 Å². The summed E-state index contributed by atoms with van der Waals surface area (Å²) in [5.74, 6) is -0.625. The van der Waals surface area contributed by atoms with Gasteiger partial charge in [-0.1, -0.05) is 29.8 Å². The van der Waals surface area contributed by atoms with Gasteiger partial charge in [-0.15, -0.1) is 11.3 Å². The van der Waals surface area contributed by atoms with E-state index in [0.29, 0.717) is 31.7 Å². The molecular formula is C25H24ClN3O3S. The summed E-state index contributed by atoms with van der Waals surface area (Å²) in [6.45, 7) is 5.20. The van der Waals surface area contributed by atoms with Crippen LogP contribution in [0.2, 0.25) is 5.02 Å². The lowest BCUT2D eigenvalue weighted by atomic mass is 10.1. The van der Waals surface area contributed by atoms with Gasteiger partial charge in [-0.05, 0) is 68.1 Å². The molecule has 3 amide bonds. The van der Waals surface area contributed by atoms with E-state index in [2.05, 4.69) is 10.6 Å². The van der Waals surface area contributed by atoms with Crippen LogP contribution in [0.25, 0.3) is 0 Å². The van der Waals surface area contributed by atoms with Gasteiger partial charge in [-0.25, -0.2) is 0 Å². The van der Waals surface area contributed by atoms with Gasteiger partial charge in [0, 0.05) is 24.3 Å². The van der Waals surface area contributed by atoms with Crippen molar-refractivity contribution in [3.63, 3.8) is 0 Å². The van der Waals surface area contributed by atoms with Crippen LogP contribution in [0.4, 0.5) is 10.7 Å². The summed E-state index contributed by atoms with van der Waals surface area (Å²) in [6.07, 6.45) is 2.04. The third-order valence-electron chi connectivity index (χ3n) is 5.68. The summed E-state index contributed by atoms with van der Waals surface area (Å²) in [5.41, 5.74) is 3.05. The first-order chi connectivity index (χ1) is 15.8. The van der Waals surface area contributed by atoms with Crippen LogP contribution in [0, 0.1) is 13.8 Å². The number of thiophene rings is 1. The molecule has 0 radical (unpaired) electrons. The fourth-order valence-corrected chi connectivity index (χ4v) is 5.05. The SMILES string of the molecule is Cc1cc(NC(=O)c2ccccc2Cl)sc1C(=O)Nc1cccc(C(=O)N2CCCC2)c1C. The van der Waals surface area contributed by atoms with Gasteiger partial charge in [0.2, 0.25) is 0 Å². The number of nitrogens with zero attached hydrogens (tertiary/aromatic N) is 1. The number of amides is 3. The molecule has 1 aliphatic rings. The Morgan fingerprint density at radius 2 is 1.61 bits per heavy atom. The second-order valence-corrected chi connectivity index (χ2v) is 9.45. The van der Waals surface area contributed by atoms with Crippen LogP contribution in [0.3, 0.4) is 0 Å². The zero-order valence-corrected chi connectivity index (χ0v) is 20.0. The first-order valence-corrected chi connectivity index (χ1v) is 11.9. The molecule has 0 bridgehead atoms. The Morgan fingerprint density at radius 3 is 2.33 bits per heavy atom. The lowest BCUT2D eigenvalue weighted by Crippen LogP contribution is -2.28. The van der Waals surface area contributed by atoms with Crippen molar-refractivity contribution in [2.45, 2.75) is 26.7 Å². The maximum Gasteiger partial charge on any atom is 0.266 e. The first kappa shape index (κ1) is 23.0. The van der Waals surface area contributed by atoms with E-state index in [1.54, 1.807) is 48.5 Å². The topological polar surface area (TPSA) is 78.5 Å². The Hall–Kier alpha value is -3.16. The number of hydrogen-bond acceptors (Lipinski definition) is 4. The maximum atomic E-state index is 13.0. The molecule has 1 fully saturated rings. The molecule has 0 aliphatic carbocycles. The summed E-state index contributed by atoms with van der Waals surface area (Å²) in [5, 5.41) is 6.65. The minimum Gasteiger partial charge on any atom is -0.339 e. The van der Waals surface area contributed by atoms with Crippen LogP contribution in [0.5, 0.6) is 0 Å². The average molecular weight is 482 g/mol. The molecule has 2 N–H and O–H groups in total. The lowest BCUT2D eigenvalue weighted by molar-refractivity contribution is 0.0791. The molecule has 0 saturated carbocycles. The smallest absolute Gasteiger partial charge is 0.266 e. The molecule has 1 saturated heterocycles. The maximum absolute atomic E-state index is 13.0. The molecular weight excluding hydrogens is 458 g/mol. The van der Waals surface area contributed by atoms with Gasteiger partial charge in [0.25, 0.3) is 17.7 Å². The summed E-state index contributed by atoms with van der Waals surface area (Å²) >= 11 is 7.30. The normalized spacial score (nSPS) is 13.1. The minimum absolute atomic E-state index is 0.00188. The molecule has 1 aliphatic heterocycles. The molecule has 170 valence electrons. The molecule has 8 heteroatoms. The van der Waals surface area contributed by atoms with Gasteiger partial charge < -0.3 is 15.5 Å². The molecule has 33 heavy (non-hydrogen) atoms. The zero-order valence-electron chi connectivity index (χ0n) is 18.4. The Kier molecular flexibility index (Phi) is 6.81. The number of hydrogen-bond donors (Lipinski definition) is 2. The van der Waals surface area contributed by atoms with E-state index in [-0.39, 0.29) is 17.7 Å². The van der Waals surface area contributed by atoms with Gasteiger partial charge in [0.15, 0.2) is 0 Å². The molecule has 3 aromatic rings.